The van der Waals surface area contributed by atoms with Crippen molar-refractivity contribution in [3.8, 4) is 5.75 Å². The Kier molecular flexibility index (Phi) is 2.88. The summed E-state index contributed by atoms with van der Waals surface area (Å²) in [5, 5.41) is 1.20. The summed E-state index contributed by atoms with van der Waals surface area (Å²) in [5.74, 6) is 0.935. The number of rotatable bonds is 3. The van der Waals surface area contributed by atoms with Gasteiger partial charge >= 0.3 is 0 Å². The van der Waals surface area contributed by atoms with Gasteiger partial charge in [0.15, 0.2) is 0 Å². The van der Waals surface area contributed by atoms with Gasteiger partial charge in [-0.05, 0) is 37.1 Å². The Bertz CT molecular complexity index is 514. The fraction of sp³-hybridized carbons (Fsp3) is 0.385. The van der Waals surface area contributed by atoms with E-state index in [2.05, 4.69) is 30.8 Å². The average molecular weight is 218 g/mol. The van der Waals surface area contributed by atoms with Crippen LogP contribution in [0.2, 0.25) is 0 Å². The van der Waals surface area contributed by atoms with Crippen molar-refractivity contribution < 1.29 is 4.74 Å². The normalized spacial score (nSPS) is 11.0. The van der Waals surface area contributed by atoms with Crippen LogP contribution in [0.25, 0.3) is 10.9 Å². The third-order valence-corrected chi connectivity index (χ3v) is 3.00. The molecule has 0 bridgehead atoms. The van der Waals surface area contributed by atoms with Crippen LogP contribution in [0.15, 0.2) is 18.3 Å². The monoisotopic (exact) mass is 218 g/mol. The topological polar surface area (TPSA) is 40.2 Å². The predicted octanol–water partition coefficient (Wildman–Crippen LogP) is 2.00. The predicted molar refractivity (Wildman–Crippen MR) is 67.0 cm³/mol. The number of benzene rings is 1. The Labute approximate surface area is 95.8 Å². The molecule has 86 valence electrons. The summed E-state index contributed by atoms with van der Waals surface area (Å²) < 4.78 is 7.58. The molecule has 1 aromatic heterocycles. The van der Waals surface area contributed by atoms with E-state index < -0.39 is 0 Å². The molecule has 0 amide bonds. The molecule has 0 aliphatic carbocycles. The van der Waals surface area contributed by atoms with E-state index in [-0.39, 0.29) is 0 Å². The van der Waals surface area contributed by atoms with Crippen LogP contribution in [0.3, 0.4) is 0 Å². The van der Waals surface area contributed by atoms with Crippen molar-refractivity contribution in [2.45, 2.75) is 13.3 Å². The van der Waals surface area contributed by atoms with E-state index >= 15 is 0 Å². The molecule has 0 spiro atoms. The maximum atomic E-state index is 5.64. The molecule has 2 N–H and O–H groups in total. The number of nitrogens with zero attached hydrogens (tertiary/aromatic N) is 1. The molecule has 3 nitrogen and oxygen atoms in total. The molecule has 0 unspecified atom stereocenters. The zero-order valence-corrected chi connectivity index (χ0v) is 10.1. The molecule has 1 heterocycles. The Morgan fingerprint density at radius 3 is 2.75 bits per heavy atom. The number of nitrogens with two attached hydrogens (primary N) is 1. The van der Waals surface area contributed by atoms with Gasteiger partial charge in [0.2, 0.25) is 0 Å². The van der Waals surface area contributed by atoms with Crippen LogP contribution in [-0.4, -0.2) is 18.2 Å². The van der Waals surface area contributed by atoms with Crippen LogP contribution in [0, 0.1) is 6.92 Å². The van der Waals surface area contributed by atoms with Crippen molar-refractivity contribution >= 4 is 10.9 Å². The second-order valence-electron chi connectivity index (χ2n) is 4.11. The third kappa shape index (κ3) is 1.57. The smallest absolute Gasteiger partial charge is 0.128 e. The lowest BCUT2D eigenvalue weighted by molar-refractivity contribution is 0.419. The quantitative estimate of drug-likeness (QED) is 0.856. The molecule has 0 saturated carbocycles. The molecule has 16 heavy (non-hydrogen) atoms. The first-order valence-corrected chi connectivity index (χ1v) is 5.50. The van der Waals surface area contributed by atoms with Gasteiger partial charge in [-0.15, -0.1) is 0 Å². The molecule has 0 radical (unpaired) electrons. The molecular weight excluding hydrogens is 200 g/mol. The van der Waals surface area contributed by atoms with Gasteiger partial charge in [-0.25, -0.2) is 0 Å². The van der Waals surface area contributed by atoms with Crippen molar-refractivity contribution in [2.24, 2.45) is 12.8 Å². The van der Waals surface area contributed by atoms with Gasteiger partial charge in [-0.3, -0.25) is 0 Å². The van der Waals surface area contributed by atoms with Crippen molar-refractivity contribution in [1.29, 1.82) is 0 Å². The minimum atomic E-state index is 0.663. The fourth-order valence-electron chi connectivity index (χ4n) is 2.32. The first-order chi connectivity index (χ1) is 7.69. The van der Waals surface area contributed by atoms with Crippen LogP contribution in [0.1, 0.15) is 11.1 Å². The molecule has 0 aliphatic rings. The Morgan fingerprint density at radius 2 is 2.12 bits per heavy atom. The highest BCUT2D eigenvalue weighted by Gasteiger charge is 2.12. The van der Waals surface area contributed by atoms with Crippen molar-refractivity contribution in [3.63, 3.8) is 0 Å². The van der Waals surface area contributed by atoms with Crippen LogP contribution in [-0.2, 0) is 13.5 Å². The van der Waals surface area contributed by atoms with E-state index in [9.17, 15) is 0 Å². The molecule has 3 heteroatoms. The average Bonchev–Trinajstić information content (AvgIpc) is 2.59. The Hall–Kier alpha value is -1.48. The number of aryl methyl sites for hydroxylation is 2. The van der Waals surface area contributed by atoms with E-state index in [1.807, 2.05) is 6.07 Å². The van der Waals surface area contributed by atoms with Crippen molar-refractivity contribution in [3.05, 3.63) is 29.5 Å². The minimum Gasteiger partial charge on any atom is -0.496 e. The molecule has 0 aliphatic heterocycles. The summed E-state index contributed by atoms with van der Waals surface area (Å²) in [5.41, 5.74) is 9.41. The summed E-state index contributed by atoms with van der Waals surface area (Å²) in [6, 6.07) is 4.12. The summed E-state index contributed by atoms with van der Waals surface area (Å²) in [7, 11) is 3.78. The lowest BCUT2D eigenvalue weighted by atomic mass is 10.1. The van der Waals surface area contributed by atoms with Crippen LogP contribution in [0.5, 0.6) is 5.75 Å². The maximum absolute atomic E-state index is 5.64. The molecule has 0 atom stereocenters. The first-order valence-electron chi connectivity index (χ1n) is 5.50. The molecule has 2 rings (SSSR count). The molecule has 2 aromatic rings. The highest BCUT2D eigenvalue weighted by molar-refractivity contribution is 5.92. The number of aromatic nitrogens is 1. The van der Waals surface area contributed by atoms with E-state index in [1.54, 1.807) is 7.11 Å². The maximum Gasteiger partial charge on any atom is 0.128 e. The van der Waals surface area contributed by atoms with Crippen LogP contribution >= 0.6 is 0 Å². The van der Waals surface area contributed by atoms with Gasteiger partial charge in [0, 0.05) is 18.6 Å². The number of hydrogen-bond donors (Lipinski definition) is 1. The van der Waals surface area contributed by atoms with Crippen molar-refractivity contribution in [2.75, 3.05) is 13.7 Å². The highest BCUT2D eigenvalue weighted by Crippen LogP contribution is 2.32. The second kappa shape index (κ2) is 4.18. The number of hydrogen-bond acceptors (Lipinski definition) is 2. The van der Waals surface area contributed by atoms with Gasteiger partial charge in [0.05, 0.1) is 12.6 Å². The van der Waals surface area contributed by atoms with Crippen LogP contribution in [0.4, 0.5) is 0 Å². The lowest BCUT2D eigenvalue weighted by Crippen LogP contribution is -2.02. The van der Waals surface area contributed by atoms with Gasteiger partial charge in [-0.2, -0.15) is 0 Å². The molecular formula is C13H18N2O. The van der Waals surface area contributed by atoms with Gasteiger partial charge < -0.3 is 15.0 Å². The zero-order valence-electron chi connectivity index (χ0n) is 10.1. The second-order valence-corrected chi connectivity index (χ2v) is 4.11. The summed E-state index contributed by atoms with van der Waals surface area (Å²) in [6.45, 7) is 2.78. The van der Waals surface area contributed by atoms with E-state index in [1.165, 1.54) is 22.0 Å². The minimum absolute atomic E-state index is 0.663. The van der Waals surface area contributed by atoms with Gasteiger partial charge in [0.25, 0.3) is 0 Å². The van der Waals surface area contributed by atoms with Crippen molar-refractivity contribution in [1.82, 2.24) is 4.57 Å². The first kappa shape index (κ1) is 11.0. The standard InChI is InChI=1S/C13H18N2O/c1-9-4-5-11(16-3)12-10(6-7-14)8-15(2)13(9)12/h4-5,8H,6-7,14H2,1-3H3. The Morgan fingerprint density at radius 1 is 1.38 bits per heavy atom. The summed E-state index contributed by atoms with van der Waals surface area (Å²) in [4.78, 5) is 0. The van der Waals surface area contributed by atoms with E-state index in [0.29, 0.717) is 6.54 Å². The zero-order chi connectivity index (χ0) is 11.7. The highest BCUT2D eigenvalue weighted by atomic mass is 16.5. The molecule has 0 fully saturated rings. The largest absolute Gasteiger partial charge is 0.496 e. The van der Waals surface area contributed by atoms with Gasteiger partial charge in [0.1, 0.15) is 5.75 Å². The summed E-state index contributed by atoms with van der Waals surface area (Å²) >= 11 is 0. The number of fused-ring (bicyclic) bond motifs is 1. The Balaban J connectivity index is 2.78. The van der Waals surface area contributed by atoms with Crippen LogP contribution < -0.4 is 10.5 Å². The van der Waals surface area contributed by atoms with E-state index in [0.717, 1.165) is 12.2 Å². The lowest BCUT2D eigenvalue weighted by Gasteiger charge is -2.07. The molecule has 1 aromatic carbocycles. The number of methoxy groups -OCH3 is 1. The van der Waals surface area contributed by atoms with Gasteiger partial charge in [-0.1, -0.05) is 6.07 Å². The fourth-order valence-corrected chi connectivity index (χ4v) is 2.32. The third-order valence-electron chi connectivity index (χ3n) is 3.00. The molecule has 0 saturated heterocycles. The van der Waals surface area contributed by atoms with E-state index in [4.69, 9.17) is 10.5 Å². The number of ether oxygens (including phenoxy) is 1. The SMILES string of the molecule is COc1ccc(C)c2c1c(CCN)cn2C. The summed E-state index contributed by atoms with van der Waals surface area (Å²) in [6.07, 6.45) is 3.03.